The zero-order valence-corrected chi connectivity index (χ0v) is 31.4. The Morgan fingerprint density at radius 2 is 1.48 bits per heavy atom. The average molecular weight is 637 g/mol. The van der Waals surface area contributed by atoms with Crippen LogP contribution in [-0.2, 0) is 18.4 Å². The molecule has 6 heteroatoms. The fraction of sp³-hybridized carbons (Fsp3) is 0.605. The second kappa shape index (κ2) is 15.2. The van der Waals surface area contributed by atoms with Crippen molar-refractivity contribution >= 4 is 32.8 Å². The van der Waals surface area contributed by atoms with Crippen molar-refractivity contribution in [1.29, 1.82) is 0 Å². The highest BCUT2D eigenvalue weighted by molar-refractivity contribution is 6.99. The highest BCUT2D eigenvalue weighted by atomic mass is 28.4. The minimum absolute atomic E-state index is 0.000699. The summed E-state index contributed by atoms with van der Waals surface area (Å²) in [5.41, 5.74) is 1.19. The molecule has 1 aliphatic heterocycles. The first-order chi connectivity index (χ1) is 20.5. The number of rotatable bonds is 15. The van der Waals surface area contributed by atoms with Gasteiger partial charge in [0.25, 0.3) is 8.32 Å². The summed E-state index contributed by atoms with van der Waals surface area (Å²) >= 11 is 0. The summed E-state index contributed by atoms with van der Waals surface area (Å²) in [6, 6.07) is 21.7. The van der Waals surface area contributed by atoms with Crippen molar-refractivity contribution in [2.45, 2.75) is 135 Å². The topological polar surface area (TPSA) is 44.8 Å². The van der Waals surface area contributed by atoms with Crippen LogP contribution in [0.5, 0.6) is 0 Å². The van der Waals surface area contributed by atoms with Gasteiger partial charge in [-0.25, -0.2) is 0 Å². The number of carbonyl (C=O) groups is 1. The van der Waals surface area contributed by atoms with Gasteiger partial charge in [0, 0.05) is 18.6 Å². The van der Waals surface area contributed by atoms with E-state index in [1.807, 2.05) is 6.92 Å². The molecular formula is C38H60O4Si2. The highest BCUT2D eigenvalue weighted by Gasteiger charge is 2.50. The fourth-order valence-corrected chi connectivity index (χ4v) is 12.3. The molecule has 44 heavy (non-hydrogen) atoms. The summed E-state index contributed by atoms with van der Waals surface area (Å²) in [7, 11) is -4.49. The summed E-state index contributed by atoms with van der Waals surface area (Å²) < 4.78 is 20.5. The molecule has 0 amide bonds. The Bertz CT molecular complexity index is 1160. The molecule has 0 saturated carbocycles. The highest BCUT2D eigenvalue weighted by Crippen LogP contribution is 2.40. The molecule has 0 aromatic heterocycles. The van der Waals surface area contributed by atoms with Gasteiger partial charge in [-0.3, -0.25) is 4.79 Å². The first kappa shape index (κ1) is 36.6. The van der Waals surface area contributed by atoms with E-state index in [9.17, 15) is 4.79 Å². The quantitative estimate of drug-likeness (QED) is 0.111. The standard InChI is InChI=1S/C38H60O4Si2/c1-29(31(3)39)27-33(42-43(10,11)37(4,5)6)24-25-36-30(2)28-32(41-36)19-18-26-40-44(38(7,8)9,34-20-14-12-15-21-34)35-22-16-13-17-23-35/h12-17,20-23,29,32-33,36H,2,18-19,24-28H2,1,3-11H3/t29-,32+,33-,36+/m1/s1. The van der Waals surface area contributed by atoms with Crippen LogP contribution >= 0.6 is 0 Å². The number of benzene rings is 2. The smallest absolute Gasteiger partial charge is 0.261 e. The van der Waals surface area contributed by atoms with E-state index in [-0.39, 0.29) is 40.1 Å². The maximum Gasteiger partial charge on any atom is 0.261 e. The van der Waals surface area contributed by atoms with Crippen molar-refractivity contribution in [2.75, 3.05) is 6.61 Å². The lowest BCUT2D eigenvalue weighted by atomic mass is 9.95. The Balaban J connectivity index is 1.62. The SMILES string of the molecule is C=C1C[C@H](CCCO[Si](c2ccccc2)(c2ccccc2)C(C)(C)C)O[C@H]1CC[C@H](C[C@@H](C)C(C)=O)O[Si](C)(C)C(C)(C)C. The lowest BCUT2D eigenvalue weighted by Crippen LogP contribution is -2.66. The van der Waals surface area contributed by atoms with Crippen LogP contribution in [0.2, 0.25) is 23.2 Å². The summed E-state index contributed by atoms with van der Waals surface area (Å²) in [5.74, 6) is 0.233. The Hall–Kier alpha value is -1.84. The van der Waals surface area contributed by atoms with Crippen molar-refractivity contribution in [2.24, 2.45) is 5.92 Å². The van der Waals surface area contributed by atoms with E-state index >= 15 is 0 Å². The molecule has 0 N–H and O–H groups in total. The minimum atomic E-state index is -2.53. The van der Waals surface area contributed by atoms with Crippen LogP contribution in [-0.4, -0.2) is 47.3 Å². The molecule has 0 aliphatic carbocycles. The monoisotopic (exact) mass is 636 g/mol. The normalized spacial score (nSPS) is 19.6. The molecule has 244 valence electrons. The zero-order valence-electron chi connectivity index (χ0n) is 29.4. The molecule has 4 atom stereocenters. The molecule has 2 aromatic carbocycles. The lowest BCUT2D eigenvalue weighted by molar-refractivity contribution is -0.121. The number of ketones is 1. The molecule has 0 bridgehead atoms. The van der Waals surface area contributed by atoms with E-state index in [0.29, 0.717) is 6.61 Å². The van der Waals surface area contributed by atoms with Crippen LogP contribution < -0.4 is 10.4 Å². The number of carbonyl (C=O) groups excluding carboxylic acids is 1. The summed E-state index contributed by atoms with van der Waals surface area (Å²) in [4.78, 5) is 12.1. The maximum atomic E-state index is 12.1. The third-order valence-electron chi connectivity index (χ3n) is 10.0. The maximum absolute atomic E-state index is 12.1. The summed E-state index contributed by atoms with van der Waals surface area (Å²) in [6.45, 7) is 27.2. The largest absolute Gasteiger partial charge is 0.414 e. The van der Waals surface area contributed by atoms with Gasteiger partial charge >= 0.3 is 0 Å². The van der Waals surface area contributed by atoms with Crippen molar-refractivity contribution in [3.63, 3.8) is 0 Å². The first-order valence-corrected chi connectivity index (χ1v) is 21.6. The molecule has 1 aliphatic rings. The number of hydrogen-bond donors (Lipinski definition) is 0. The lowest BCUT2D eigenvalue weighted by Gasteiger charge is -2.43. The van der Waals surface area contributed by atoms with E-state index in [2.05, 4.69) is 122 Å². The molecule has 1 heterocycles. The Labute approximate surface area is 271 Å². The van der Waals surface area contributed by atoms with E-state index in [0.717, 1.165) is 38.5 Å². The van der Waals surface area contributed by atoms with Gasteiger partial charge in [0.1, 0.15) is 5.78 Å². The fourth-order valence-electron chi connectivity index (χ4n) is 6.26. The third kappa shape index (κ3) is 9.13. The van der Waals surface area contributed by atoms with Crippen LogP contribution in [0, 0.1) is 5.92 Å². The summed E-state index contributed by atoms with van der Waals surface area (Å²) in [5, 5.41) is 2.73. The third-order valence-corrected chi connectivity index (χ3v) is 19.6. The van der Waals surface area contributed by atoms with Gasteiger partial charge in [-0.2, -0.15) is 0 Å². The molecule has 1 fully saturated rings. The van der Waals surface area contributed by atoms with Crippen molar-refractivity contribution < 1.29 is 18.4 Å². The Morgan fingerprint density at radius 3 is 1.95 bits per heavy atom. The van der Waals surface area contributed by atoms with Crippen molar-refractivity contribution in [3.8, 4) is 0 Å². The number of ether oxygens (including phenoxy) is 1. The van der Waals surface area contributed by atoms with Gasteiger partial charge in [0.15, 0.2) is 8.32 Å². The first-order valence-electron chi connectivity index (χ1n) is 16.7. The van der Waals surface area contributed by atoms with E-state index < -0.39 is 16.6 Å². The average Bonchev–Trinajstić information content (AvgIpc) is 3.30. The molecule has 3 rings (SSSR count). The Kier molecular flexibility index (Phi) is 12.6. The van der Waals surface area contributed by atoms with E-state index in [1.165, 1.54) is 15.9 Å². The van der Waals surface area contributed by atoms with Crippen LogP contribution in [0.15, 0.2) is 72.8 Å². The van der Waals surface area contributed by atoms with Crippen molar-refractivity contribution in [3.05, 3.63) is 72.8 Å². The molecule has 0 spiro atoms. The summed E-state index contributed by atoms with van der Waals surface area (Å²) in [6.07, 6.45) is 5.63. The zero-order chi connectivity index (χ0) is 32.8. The van der Waals surface area contributed by atoms with E-state index in [1.54, 1.807) is 6.92 Å². The second-order valence-electron chi connectivity index (χ2n) is 15.6. The molecule has 2 aromatic rings. The minimum Gasteiger partial charge on any atom is -0.414 e. The van der Waals surface area contributed by atoms with Gasteiger partial charge in [-0.05, 0) is 84.6 Å². The molecular weight excluding hydrogens is 577 g/mol. The number of hydrogen-bond acceptors (Lipinski definition) is 4. The predicted molar refractivity (Wildman–Crippen MR) is 191 cm³/mol. The Morgan fingerprint density at radius 1 is 0.932 bits per heavy atom. The number of Topliss-reactive ketones (excluding diaryl/α,β-unsaturated/α-hetero) is 1. The van der Waals surface area contributed by atoms with Gasteiger partial charge in [-0.1, -0.05) is 116 Å². The van der Waals surface area contributed by atoms with Gasteiger partial charge in [0.2, 0.25) is 0 Å². The second-order valence-corrected chi connectivity index (χ2v) is 24.7. The molecule has 4 nitrogen and oxygen atoms in total. The van der Waals surface area contributed by atoms with Crippen molar-refractivity contribution in [1.82, 2.24) is 0 Å². The molecule has 0 unspecified atom stereocenters. The van der Waals surface area contributed by atoms with Gasteiger partial charge in [0.05, 0.1) is 12.2 Å². The predicted octanol–water partition coefficient (Wildman–Crippen LogP) is 8.84. The van der Waals surface area contributed by atoms with Gasteiger partial charge in [-0.15, -0.1) is 0 Å². The van der Waals surface area contributed by atoms with Crippen LogP contribution in [0.3, 0.4) is 0 Å². The van der Waals surface area contributed by atoms with Crippen LogP contribution in [0.4, 0.5) is 0 Å². The van der Waals surface area contributed by atoms with Crippen LogP contribution in [0.1, 0.15) is 93.9 Å². The molecule has 1 saturated heterocycles. The molecule has 0 radical (unpaired) electrons. The van der Waals surface area contributed by atoms with Crippen LogP contribution in [0.25, 0.3) is 0 Å². The van der Waals surface area contributed by atoms with E-state index in [4.69, 9.17) is 13.6 Å². The van der Waals surface area contributed by atoms with Gasteiger partial charge < -0.3 is 13.6 Å².